The minimum Gasteiger partial charge on any atom is -0.480 e. The number of alkyl halides is 1. The number of rotatable bonds is 5. The number of nitrogens with zero attached hydrogens (tertiary/aromatic N) is 2. The third-order valence-corrected chi connectivity index (χ3v) is 3.88. The second-order valence-corrected chi connectivity index (χ2v) is 4.99. The van der Waals surface area contributed by atoms with E-state index in [0.717, 1.165) is 16.6 Å². The Kier molecular flexibility index (Phi) is 4.64. The predicted molar refractivity (Wildman–Crippen MR) is 57.3 cm³/mol. The minimum atomic E-state index is -1.00. The van der Waals surface area contributed by atoms with Crippen molar-refractivity contribution in [1.82, 2.24) is 9.36 Å². The number of carbonyl (C=O) groups is 1. The van der Waals surface area contributed by atoms with Gasteiger partial charge in [-0.3, -0.25) is 4.79 Å². The van der Waals surface area contributed by atoms with E-state index in [9.17, 15) is 4.79 Å². The topological polar surface area (TPSA) is 63.1 Å². The number of aliphatic carboxylic acids is 1. The van der Waals surface area contributed by atoms with Gasteiger partial charge in [-0.25, -0.2) is 4.98 Å². The molecule has 0 spiro atoms. The molecule has 0 amide bonds. The van der Waals surface area contributed by atoms with Crippen LogP contribution in [-0.2, 0) is 11.2 Å². The lowest BCUT2D eigenvalue weighted by molar-refractivity contribution is -0.136. The summed E-state index contributed by atoms with van der Waals surface area (Å²) in [5, 5.41) is 7.67. The summed E-state index contributed by atoms with van der Waals surface area (Å²) in [6.45, 7) is 1.97. The number of hydrogen-bond donors (Lipinski definition) is 1. The van der Waals surface area contributed by atoms with Gasteiger partial charge in [-0.15, -0.1) is 11.6 Å². The van der Waals surface area contributed by atoms with Gasteiger partial charge in [-0.05, 0) is 11.5 Å². The highest BCUT2D eigenvalue weighted by Crippen LogP contribution is 2.22. The van der Waals surface area contributed by atoms with Crippen LogP contribution in [0.1, 0.15) is 12.7 Å². The maximum Gasteiger partial charge on any atom is 0.322 e. The average Bonchev–Trinajstić information content (AvgIpc) is 2.61. The molecule has 0 radical (unpaired) electrons. The first kappa shape index (κ1) is 11.7. The van der Waals surface area contributed by atoms with E-state index < -0.39 is 11.3 Å². The Hall–Kier alpha value is -0.330. The molecule has 0 aliphatic heterocycles. The summed E-state index contributed by atoms with van der Waals surface area (Å²) in [5.74, 6) is 0.105. The van der Waals surface area contributed by atoms with Crippen molar-refractivity contribution in [3.05, 3.63) is 5.82 Å². The molecule has 0 saturated heterocycles. The van der Waals surface area contributed by atoms with Gasteiger partial charge in [0, 0.05) is 12.2 Å². The fraction of sp³-hybridized carbons (Fsp3) is 0.571. The third-order valence-electron chi connectivity index (χ3n) is 1.39. The van der Waals surface area contributed by atoms with Gasteiger partial charge in [0.05, 0.1) is 0 Å². The Morgan fingerprint density at radius 1 is 1.79 bits per heavy atom. The molecule has 14 heavy (non-hydrogen) atoms. The van der Waals surface area contributed by atoms with Crippen LogP contribution in [0.25, 0.3) is 0 Å². The lowest BCUT2D eigenvalue weighted by Crippen LogP contribution is -2.15. The zero-order valence-electron chi connectivity index (χ0n) is 7.44. The zero-order chi connectivity index (χ0) is 10.6. The van der Waals surface area contributed by atoms with Crippen molar-refractivity contribution in [2.45, 2.75) is 23.1 Å². The second-order valence-electron chi connectivity index (χ2n) is 2.45. The summed E-state index contributed by atoms with van der Waals surface area (Å²) in [5.41, 5.74) is 0. The first-order chi connectivity index (χ1) is 6.63. The lowest BCUT2D eigenvalue weighted by Gasteiger charge is -1.99. The normalized spacial score (nSPS) is 12.7. The van der Waals surface area contributed by atoms with E-state index in [1.165, 1.54) is 23.3 Å². The van der Waals surface area contributed by atoms with Gasteiger partial charge in [0.2, 0.25) is 0 Å². The van der Waals surface area contributed by atoms with Crippen LogP contribution in [0, 0.1) is 0 Å². The molecule has 4 nitrogen and oxygen atoms in total. The van der Waals surface area contributed by atoms with Crippen molar-refractivity contribution >= 4 is 40.9 Å². The molecule has 0 saturated carbocycles. The van der Waals surface area contributed by atoms with Gasteiger partial charge >= 0.3 is 5.97 Å². The summed E-state index contributed by atoms with van der Waals surface area (Å²) in [6.07, 6.45) is 0.792. The average molecular weight is 253 g/mol. The quantitative estimate of drug-likeness (QED) is 0.640. The van der Waals surface area contributed by atoms with E-state index in [1.807, 2.05) is 6.92 Å². The summed E-state index contributed by atoms with van der Waals surface area (Å²) in [4.78, 5) is 14.6. The standard InChI is InChI=1S/C7H9ClN2O2S2/c1-2-5-9-7(14-10-5)13-3-4(8)6(11)12/h4H,2-3H2,1H3,(H,11,12). The van der Waals surface area contributed by atoms with Crippen molar-refractivity contribution < 1.29 is 9.90 Å². The molecule has 0 aliphatic rings. The van der Waals surface area contributed by atoms with E-state index >= 15 is 0 Å². The van der Waals surface area contributed by atoms with Crippen molar-refractivity contribution in [3.8, 4) is 0 Å². The molecular weight excluding hydrogens is 244 g/mol. The molecule has 1 atom stereocenters. The highest BCUT2D eigenvalue weighted by Gasteiger charge is 2.14. The van der Waals surface area contributed by atoms with Crippen LogP contribution >= 0.6 is 34.9 Å². The molecule has 1 unspecified atom stereocenters. The highest BCUT2D eigenvalue weighted by molar-refractivity contribution is 8.01. The third kappa shape index (κ3) is 3.43. The maximum atomic E-state index is 10.4. The zero-order valence-corrected chi connectivity index (χ0v) is 9.82. The Bertz CT molecular complexity index is 318. The van der Waals surface area contributed by atoms with Crippen LogP contribution in [0.2, 0.25) is 0 Å². The molecule has 0 fully saturated rings. The smallest absolute Gasteiger partial charge is 0.322 e. The molecular formula is C7H9ClN2O2S2. The van der Waals surface area contributed by atoms with Crippen LogP contribution in [0.3, 0.4) is 0 Å². The van der Waals surface area contributed by atoms with Crippen LogP contribution in [-0.4, -0.2) is 31.6 Å². The van der Waals surface area contributed by atoms with Crippen LogP contribution < -0.4 is 0 Å². The van der Waals surface area contributed by atoms with Gasteiger partial charge in [0.1, 0.15) is 11.2 Å². The lowest BCUT2D eigenvalue weighted by atomic mass is 10.5. The number of thioether (sulfide) groups is 1. The summed E-state index contributed by atoms with van der Waals surface area (Å²) >= 11 is 8.15. The van der Waals surface area contributed by atoms with Crippen molar-refractivity contribution in [3.63, 3.8) is 0 Å². The minimum absolute atomic E-state index is 0.315. The van der Waals surface area contributed by atoms with Crippen LogP contribution in [0.4, 0.5) is 0 Å². The molecule has 1 N–H and O–H groups in total. The number of carboxylic acid groups (broad SMARTS) is 1. The number of carboxylic acids is 1. The van der Waals surface area contributed by atoms with E-state index in [4.69, 9.17) is 16.7 Å². The molecule has 0 bridgehead atoms. The number of halogens is 1. The van der Waals surface area contributed by atoms with Gasteiger partial charge in [0.15, 0.2) is 4.34 Å². The van der Waals surface area contributed by atoms with Gasteiger partial charge < -0.3 is 5.11 Å². The molecule has 1 rings (SSSR count). The van der Waals surface area contributed by atoms with Crippen molar-refractivity contribution in [2.24, 2.45) is 0 Å². The molecule has 1 aromatic heterocycles. The van der Waals surface area contributed by atoms with Gasteiger partial charge in [-0.1, -0.05) is 18.7 Å². The highest BCUT2D eigenvalue weighted by atomic mass is 35.5. The van der Waals surface area contributed by atoms with Gasteiger partial charge in [0.25, 0.3) is 0 Å². The molecule has 78 valence electrons. The fourth-order valence-corrected chi connectivity index (χ4v) is 2.47. The fourth-order valence-electron chi connectivity index (χ4n) is 0.656. The van der Waals surface area contributed by atoms with E-state index in [2.05, 4.69) is 9.36 Å². The number of aryl methyl sites for hydroxylation is 1. The Morgan fingerprint density at radius 2 is 2.50 bits per heavy atom. The number of hydrogen-bond acceptors (Lipinski definition) is 5. The van der Waals surface area contributed by atoms with E-state index in [0.29, 0.717) is 5.75 Å². The SMILES string of the molecule is CCc1nsc(SCC(Cl)C(=O)O)n1. The first-order valence-electron chi connectivity index (χ1n) is 3.95. The Labute approximate surface area is 94.9 Å². The van der Waals surface area contributed by atoms with E-state index in [1.54, 1.807) is 0 Å². The van der Waals surface area contributed by atoms with Crippen LogP contribution in [0.5, 0.6) is 0 Å². The Morgan fingerprint density at radius 3 is 3.00 bits per heavy atom. The Balaban J connectivity index is 2.41. The first-order valence-corrected chi connectivity index (χ1v) is 6.15. The molecule has 1 aromatic rings. The second kappa shape index (κ2) is 5.53. The molecule has 0 aliphatic carbocycles. The molecule has 7 heteroatoms. The van der Waals surface area contributed by atoms with Crippen LogP contribution in [0.15, 0.2) is 4.34 Å². The maximum absolute atomic E-state index is 10.4. The summed E-state index contributed by atoms with van der Waals surface area (Å²) in [6, 6.07) is 0. The largest absolute Gasteiger partial charge is 0.480 e. The van der Waals surface area contributed by atoms with E-state index in [-0.39, 0.29) is 0 Å². The molecule has 1 heterocycles. The molecule has 0 aromatic carbocycles. The van der Waals surface area contributed by atoms with Crippen molar-refractivity contribution in [2.75, 3.05) is 5.75 Å². The monoisotopic (exact) mass is 252 g/mol. The summed E-state index contributed by atoms with van der Waals surface area (Å²) in [7, 11) is 0. The van der Waals surface area contributed by atoms with Gasteiger partial charge in [-0.2, -0.15) is 4.37 Å². The number of aromatic nitrogens is 2. The predicted octanol–water partition coefficient (Wildman–Crippen LogP) is 1.88. The summed E-state index contributed by atoms with van der Waals surface area (Å²) < 4.78 is 4.85. The van der Waals surface area contributed by atoms with Crippen molar-refractivity contribution in [1.29, 1.82) is 0 Å².